The fourth-order valence-electron chi connectivity index (χ4n) is 3.38. The number of methoxy groups -OCH3 is 1. The molecule has 3 rings (SSSR count). The summed E-state index contributed by atoms with van der Waals surface area (Å²) in [5.41, 5.74) is -0.511. The van der Waals surface area contributed by atoms with Crippen LogP contribution < -0.4 is 4.74 Å². The molecule has 0 spiro atoms. The zero-order valence-electron chi connectivity index (χ0n) is 15.6. The first-order valence-electron chi connectivity index (χ1n) is 8.59. The molecule has 3 amide bonds. The minimum atomic E-state index is -1.17. The molecule has 27 heavy (non-hydrogen) atoms. The number of carbonyl (C=O) groups excluding carboxylic acids is 3. The van der Waals surface area contributed by atoms with E-state index in [1.165, 1.54) is 7.05 Å². The van der Waals surface area contributed by atoms with Crippen LogP contribution in [0.4, 0.5) is 0 Å². The molecule has 0 radical (unpaired) electrons. The summed E-state index contributed by atoms with van der Waals surface area (Å²) < 4.78 is 5.18. The van der Waals surface area contributed by atoms with Crippen molar-refractivity contribution in [3.8, 4) is 5.75 Å². The number of amides is 3. The van der Waals surface area contributed by atoms with Gasteiger partial charge in [0.1, 0.15) is 5.75 Å². The van der Waals surface area contributed by atoms with Gasteiger partial charge in [-0.3, -0.25) is 19.3 Å². The maximum atomic E-state index is 13.0. The molecule has 1 aromatic heterocycles. The van der Waals surface area contributed by atoms with Gasteiger partial charge in [0.2, 0.25) is 17.7 Å². The van der Waals surface area contributed by atoms with Crippen molar-refractivity contribution in [3.05, 3.63) is 52.2 Å². The number of thiophene rings is 1. The molecule has 1 aliphatic heterocycles. The Bertz CT molecular complexity index is 847. The molecule has 2 heterocycles. The zero-order valence-corrected chi connectivity index (χ0v) is 16.4. The molecule has 0 saturated carbocycles. The lowest BCUT2D eigenvalue weighted by molar-refractivity contribution is -0.141. The van der Waals surface area contributed by atoms with Crippen LogP contribution in [0, 0.1) is 0 Å². The van der Waals surface area contributed by atoms with Gasteiger partial charge >= 0.3 is 0 Å². The summed E-state index contributed by atoms with van der Waals surface area (Å²) in [4.78, 5) is 41.9. The Morgan fingerprint density at radius 1 is 1.26 bits per heavy atom. The summed E-state index contributed by atoms with van der Waals surface area (Å²) in [6, 6.07) is 10.9. The molecule has 0 bridgehead atoms. The van der Waals surface area contributed by atoms with E-state index in [1.807, 2.05) is 17.5 Å². The van der Waals surface area contributed by atoms with Crippen molar-refractivity contribution in [1.82, 2.24) is 9.80 Å². The number of imide groups is 1. The molecule has 7 heteroatoms. The molecule has 0 aliphatic carbocycles. The average Bonchev–Trinajstić information content (AvgIpc) is 3.25. The molecule has 1 atom stereocenters. The van der Waals surface area contributed by atoms with Gasteiger partial charge in [-0.1, -0.05) is 18.2 Å². The van der Waals surface area contributed by atoms with Crippen LogP contribution in [0.2, 0.25) is 0 Å². The van der Waals surface area contributed by atoms with Gasteiger partial charge in [0.15, 0.2) is 0 Å². The van der Waals surface area contributed by atoms with Crippen LogP contribution in [0.25, 0.3) is 0 Å². The van der Waals surface area contributed by atoms with Gasteiger partial charge in [0.05, 0.1) is 19.1 Å². The van der Waals surface area contributed by atoms with E-state index in [0.29, 0.717) is 17.9 Å². The van der Waals surface area contributed by atoms with E-state index < -0.39 is 5.41 Å². The fraction of sp³-hybridized carbons (Fsp3) is 0.350. The third-order valence-electron chi connectivity index (χ3n) is 5.04. The highest BCUT2D eigenvalue weighted by atomic mass is 32.1. The normalized spacial score (nSPS) is 19.4. The van der Waals surface area contributed by atoms with Crippen LogP contribution in [-0.2, 0) is 26.3 Å². The van der Waals surface area contributed by atoms with Crippen LogP contribution in [0.15, 0.2) is 41.8 Å². The summed E-state index contributed by atoms with van der Waals surface area (Å²) in [5.74, 6) is -0.129. The van der Waals surface area contributed by atoms with E-state index in [9.17, 15) is 14.4 Å². The van der Waals surface area contributed by atoms with E-state index in [0.717, 1.165) is 9.78 Å². The van der Waals surface area contributed by atoms with E-state index >= 15 is 0 Å². The van der Waals surface area contributed by atoms with Crippen LogP contribution in [0.1, 0.15) is 23.3 Å². The lowest BCUT2D eigenvalue weighted by Crippen LogP contribution is -2.41. The third-order valence-corrected chi connectivity index (χ3v) is 5.90. The van der Waals surface area contributed by atoms with Gasteiger partial charge in [0.25, 0.3) is 0 Å². The summed E-state index contributed by atoms with van der Waals surface area (Å²) in [5, 5.41) is 1.96. The maximum Gasteiger partial charge on any atom is 0.240 e. The molecule has 2 aromatic rings. The second kappa shape index (κ2) is 7.52. The number of ether oxygens (including phenoxy) is 1. The third kappa shape index (κ3) is 3.60. The lowest BCUT2D eigenvalue weighted by atomic mass is 9.75. The Labute approximate surface area is 162 Å². The van der Waals surface area contributed by atoms with Crippen molar-refractivity contribution in [1.29, 1.82) is 0 Å². The van der Waals surface area contributed by atoms with Crippen LogP contribution in [0.5, 0.6) is 5.75 Å². The van der Waals surface area contributed by atoms with E-state index in [1.54, 1.807) is 54.7 Å². The summed E-state index contributed by atoms with van der Waals surface area (Å²) in [6.45, 7) is 0.479. The zero-order chi connectivity index (χ0) is 19.6. The number of nitrogens with zero attached hydrogens (tertiary/aromatic N) is 2. The van der Waals surface area contributed by atoms with Gasteiger partial charge in [-0.2, -0.15) is 0 Å². The van der Waals surface area contributed by atoms with Crippen molar-refractivity contribution in [2.24, 2.45) is 0 Å². The first-order chi connectivity index (χ1) is 12.9. The smallest absolute Gasteiger partial charge is 0.240 e. The summed E-state index contributed by atoms with van der Waals surface area (Å²) in [7, 11) is 4.75. The monoisotopic (exact) mass is 386 g/mol. The van der Waals surface area contributed by atoms with E-state index in [4.69, 9.17) is 4.74 Å². The average molecular weight is 386 g/mol. The first kappa shape index (κ1) is 19.1. The van der Waals surface area contributed by atoms with Crippen LogP contribution in [-0.4, -0.2) is 48.7 Å². The molecule has 1 aromatic carbocycles. The Hall–Kier alpha value is -2.67. The summed E-state index contributed by atoms with van der Waals surface area (Å²) >= 11 is 1.58. The first-order valence-corrected chi connectivity index (χ1v) is 9.47. The lowest BCUT2D eigenvalue weighted by Gasteiger charge is -2.28. The second-order valence-corrected chi connectivity index (χ2v) is 7.78. The number of hydrogen-bond donors (Lipinski definition) is 0. The molecule has 1 aliphatic rings. The quantitative estimate of drug-likeness (QED) is 0.715. The Kier molecular flexibility index (Phi) is 5.32. The standard InChI is InChI=1S/C20H22N2O4S/c1-21(13-16-5-4-10-27-16)17(23)11-20(12-18(24)22(2)19(20)25)14-6-8-15(26-3)9-7-14/h4-10H,11-13H2,1-3H3/t20-/m0/s1. The van der Waals surface area contributed by atoms with Crippen molar-refractivity contribution in [2.45, 2.75) is 24.8 Å². The second-order valence-electron chi connectivity index (χ2n) is 6.75. The number of rotatable bonds is 6. The van der Waals surface area contributed by atoms with E-state index in [-0.39, 0.29) is 30.6 Å². The van der Waals surface area contributed by atoms with Crippen LogP contribution >= 0.6 is 11.3 Å². The molecular formula is C20H22N2O4S. The van der Waals surface area contributed by atoms with Crippen molar-refractivity contribution in [3.63, 3.8) is 0 Å². The predicted molar refractivity (Wildman–Crippen MR) is 102 cm³/mol. The Morgan fingerprint density at radius 3 is 2.48 bits per heavy atom. The number of likely N-dealkylation sites (N-methyl/N-ethyl adjacent to an activating group) is 1. The minimum Gasteiger partial charge on any atom is -0.497 e. The van der Waals surface area contributed by atoms with E-state index in [2.05, 4.69) is 0 Å². The molecule has 6 nitrogen and oxygen atoms in total. The van der Waals surface area contributed by atoms with Gasteiger partial charge in [-0.25, -0.2) is 0 Å². The number of likely N-dealkylation sites (tertiary alicyclic amines) is 1. The van der Waals surface area contributed by atoms with Gasteiger partial charge < -0.3 is 9.64 Å². The molecule has 0 unspecified atom stereocenters. The Morgan fingerprint density at radius 2 is 1.96 bits per heavy atom. The highest BCUT2D eigenvalue weighted by Gasteiger charge is 2.52. The molecule has 1 fully saturated rings. The minimum absolute atomic E-state index is 0.00670. The number of hydrogen-bond acceptors (Lipinski definition) is 5. The largest absolute Gasteiger partial charge is 0.497 e. The maximum absolute atomic E-state index is 13.0. The van der Waals surface area contributed by atoms with Crippen molar-refractivity contribution >= 4 is 29.1 Å². The highest BCUT2D eigenvalue weighted by molar-refractivity contribution is 7.09. The Balaban J connectivity index is 1.89. The fourth-order valence-corrected chi connectivity index (χ4v) is 4.14. The summed E-state index contributed by atoms with van der Waals surface area (Å²) in [6.07, 6.45) is -0.0522. The topological polar surface area (TPSA) is 66.9 Å². The van der Waals surface area contributed by atoms with Gasteiger partial charge in [-0.15, -0.1) is 11.3 Å². The number of carbonyl (C=O) groups is 3. The highest BCUT2D eigenvalue weighted by Crippen LogP contribution is 2.40. The van der Waals surface area contributed by atoms with Gasteiger partial charge in [0, 0.05) is 31.8 Å². The molecule has 0 N–H and O–H groups in total. The predicted octanol–water partition coefficient (Wildman–Crippen LogP) is 2.43. The number of benzene rings is 1. The molecular weight excluding hydrogens is 364 g/mol. The van der Waals surface area contributed by atoms with Gasteiger partial charge in [-0.05, 0) is 29.1 Å². The SMILES string of the molecule is COc1ccc([C@]2(CC(=O)N(C)Cc3cccs3)CC(=O)N(C)C2=O)cc1. The van der Waals surface area contributed by atoms with Crippen molar-refractivity contribution < 1.29 is 19.1 Å². The van der Waals surface area contributed by atoms with Crippen LogP contribution in [0.3, 0.4) is 0 Å². The van der Waals surface area contributed by atoms with Crippen molar-refractivity contribution in [2.75, 3.05) is 21.2 Å². The molecule has 142 valence electrons. The molecule has 1 saturated heterocycles.